The molecule has 0 saturated heterocycles. The fourth-order valence-electron chi connectivity index (χ4n) is 2.27. The van der Waals surface area contributed by atoms with Crippen molar-refractivity contribution in [3.63, 3.8) is 0 Å². The summed E-state index contributed by atoms with van der Waals surface area (Å²) in [7, 11) is 0. The van der Waals surface area contributed by atoms with Crippen LogP contribution in [0.2, 0.25) is 0 Å². The van der Waals surface area contributed by atoms with E-state index in [4.69, 9.17) is 5.11 Å². The number of benzene rings is 1. The molecule has 0 unspecified atom stereocenters. The second-order valence-corrected chi connectivity index (χ2v) is 5.72. The van der Waals surface area contributed by atoms with Crippen molar-refractivity contribution in [1.82, 2.24) is 0 Å². The molecule has 0 aliphatic rings. The zero-order valence-corrected chi connectivity index (χ0v) is 14.1. The number of unbranched alkanes of at least 4 members (excludes halogenated alkanes) is 7. The van der Waals surface area contributed by atoms with Crippen LogP contribution in [0, 0.1) is 5.21 Å². The van der Waals surface area contributed by atoms with E-state index in [9.17, 15) is 10.0 Å². The Morgan fingerprint density at radius 2 is 1.71 bits per heavy atom. The number of rotatable bonds is 13. The average molecular weight is 333 g/mol. The summed E-state index contributed by atoms with van der Waals surface area (Å²) in [5, 5.41) is 24.1. The molecular formula is C18H27N3O3. The van der Waals surface area contributed by atoms with Gasteiger partial charge >= 0.3 is 5.97 Å². The Bertz CT molecular complexity index is 527. The molecule has 0 heterocycles. The highest BCUT2D eigenvalue weighted by Gasteiger charge is 2.03. The summed E-state index contributed by atoms with van der Waals surface area (Å²) in [6.07, 6.45) is 11.0. The van der Waals surface area contributed by atoms with Gasteiger partial charge in [0.1, 0.15) is 12.2 Å². The fourth-order valence-corrected chi connectivity index (χ4v) is 2.27. The SMILES string of the molecule is C=CCCCCCCCCC[N+]([O-])=NNc1ccc(C(=O)O)cc1. The molecule has 1 rings (SSSR count). The highest BCUT2D eigenvalue weighted by atomic mass is 16.5. The summed E-state index contributed by atoms with van der Waals surface area (Å²) >= 11 is 0. The van der Waals surface area contributed by atoms with Gasteiger partial charge in [-0.15, -0.1) is 12.0 Å². The quantitative estimate of drug-likeness (QED) is 0.175. The minimum atomic E-state index is -0.982. The first kappa shape index (κ1) is 19.7. The molecule has 0 aliphatic carbocycles. The maximum absolute atomic E-state index is 11.6. The topological polar surface area (TPSA) is 87.8 Å². The summed E-state index contributed by atoms with van der Waals surface area (Å²) in [4.78, 5) is 11.4. The van der Waals surface area contributed by atoms with E-state index in [0.29, 0.717) is 17.1 Å². The number of carboxylic acid groups (broad SMARTS) is 1. The maximum Gasteiger partial charge on any atom is 0.335 e. The van der Waals surface area contributed by atoms with Crippen LogP contribution in [0.25, 0.3) is 0 Å². The van der Waals surface area contributed by atoms with Gasteiger partial charge in [-0.3, -0.25) is 0 Å². The van der Waals surface area contributed by atoms with Gasteiger partial charge < -0.3 is 10.3 Å². The van der Waals surface area contributed by atoms with Crippen LogP contribution in [0.15, 0.2) is 42.1 Å². The van der Waals surface area contributed by atoms with E-state index in [2.05, 4.69) is 17.2 Å². The summed E-state index contributed by atoms with van der Waals surface area (Å²) in [5.74, 6) is -0.982. The van der Waals surface area contributed by atoms with Crippen LogP contribution in [0.4, 0.5) is 5.69 Å². The second-order valence-electron chi connectivity index (χ2n) is 5.72. The molecular weight excluding hydrogens is 306 g/mol. The normalized spacial score (nSPS) is 11.2. The number of hydroxylamine groups is 1. The molecule has 0 aromatic heterocycles. The molecule has 0 spiro atoms. The lowest BCUT2D eigenvalue weighted by atomic mass is 10.1. The molecule has 0 bridgehead atoms. The first-order chi connectivity index (χ1) is 11.6. The third-order valence-corrected chi connectivity index (χ3v) is 3.68. The second kappa shape index (κ2) is 12.1. The van der Waals surface area contributed by atoms with E-state index >= 15 is 0 Å². The first-order valence-corrected chi connectivity index (χ1v) is 8.49. The molecule has 0 saturated carbocycles. The minimum Gasteiger partial charge on any atom is -0.696 e. The summed E-state index contributed by atoms with van der Waals surface area (Å²) in [6, 6.07) is 6.08. The van der Waals surface area contributed by atoms with Crippen LogP contribution in [-0.4, -0.2) is 22.5 Å². The molecule has 0 amide bonds. The van der Waals surface area contributed by atoms with Crippen LogP contribution in [0.5, 0.6) is 0 Å². The molecule has 6 heteroatoms. The van der Waals surface area contributed by atoms with E-state index in [1.807, 2.05) is 6.08 Å². The van der Waals surface area contributed by atoms with Gasteiger partial charge in [-0.05, 0) is 49.9 Å². The monoisotopic (exact) mass is 333 g/mol. The standard InChI is InChI=1S/C18H27N3O3/c1-2-3-4-5-6-7-8-9-10-15-21(24)20-19-17-13-11-16(12-14-17)18(22)23/h2,11-14,19H,1,3-10,15H2,(H,22,23). The Morgan fingerprint density at radius 3 is 2.29 bits per heavy atom. The molecule has 6 nitrogen and oxygen atoms in total. The van der Waals surface area contributed by atoms with Crippen molar-refractivity contribution in [2.24, 2.45) is 5.22 Å². The number of hydrogen-bond donors (Lipinski definition) is 2. The third-order valence-electron chi connectivity index (χ3n) is 3.68. The predicted octanol–water partition coefficient (Wildman–Crippen LogP) is 4.98. The van der Waals surface area contributed by atoms with E-state index in [-0.39, 0.29) is 5.56 Å². The highest BCUT2D eigenvalue weighted by Crippen LogP contribution is 2.10. The van der Waals surface area contributed by atoms with Crippen molar-refractivity contribution in [2.75, 3.05) is 12.0 Å². The summed E-state index contributed by atoms with van der Waals surface area (Å²) < 4.78 is 0. The Morgan fingerprint density at radius 1 is 1.12 bits per heavy atom. The van der Waals surface area contributed by atoms with Crippen LogP contribution in [0.1, 0.15) is 61.7 Å². The zero-order chi connectivity index (χ0) is 17.6. The highest BCUT2D eigenvalue weighted by molar-refractivity contribution is 5.87. The molecule has 0 radical (unpaired) electrons. The van der Waals surface area contributed by atoms with E-state index in [1.165, 1.54) is 37.8 Å². The third kappa shape index (κ3) is 8.92. The zero-order valence-electron chi connectivity index (χ0n) is 14.1. The van der Waals surface area contributed by atoms with Gasteiger partial charge in [-0.2, -0.15) is 4.86 Å². The number of anilines is 1. The average Bonchev–Trinajstić information content (AvgIpc) is 2.59. The van der Waals surface area contributed by atoms with Gasteiger partial charge in [0.05, 0.1) is 10.8 Å². The Balaban J connectivity index is 2.12. The molecule has 1 aromatic carbocycles. The number of carboxylic acids is 1. The maximum atomic E-state index is 11.6. The van der Waals surface area contributed by atoms with Gasteiger partial charge in [0.15, 0.2) is 0 Å². The van der Waals surface area contributed by atoms with Crippen molar-refractivity contribution >= 4 is 11.7 Å². The van der Waals surface area contributed by atoms with Crippen molar-refractivity contribution in [1.29, 1.82) is 0 Å². The lowest BCUT2D eigenvalue weighted by molar-refractivity contribution is -0.528. The lowest BCUT2D eigenvalue weighted by Gasteiger charge is -2.06. The van der Waals surface area contributed by atoms with Gasteiger partial charge in [0, 0.05) is 0 Å². The Labute approximate surface area is 143 Å². The van der Waals surface area contributed by atoms with Gasteiger partial charge in [-0.25, -0.2) is 4.79 Å². The van der Waals surface area contributed by atoms with Gasteiger partial charge in [-0.1, -0.05) is 31.8 Å². The Hall–Kier alpha value is -2.37. The number of carbonyl (C=O) groups is 1. The molecule has 132 valence electrons. The van der Waals surface area contributed by atoms with Crippen LogP contribution in [0.3, 0.4) is 0 Å². The number of allylic oxidation sites excluding steroid dienone is 1. The van der Waals surface area contributed by atoms with E-state index < -0.39 is 5.97 Å². The van der Waals surface area contributed by atoms with Crippen molar-refractivity contribution < 1.29 is 14.8 Å². The number of nitrogens with one attached hydrogen (secondary N) is 1. The largest absolute Gasteiger partial charge is 0.696 e. The van der Waals surface area contributed by atoms with Crippen LogP contribution in [-0.2, 0) is 0 Å². The van der Waals surface area contributed by atoms with Gasteiger partial charge in [0.25, 0.3) is 0 Å². The lowest BCUT2D eigenvalue weighted by Crippen LogP contribution is -2.06. The fraction of sp³-hybridized carbons (Fsp3) is 0.500. The van der Waals surface area contributed by atoms with Crippen LogP contribution < -0.4 is 5.43 Å². The minimum absolute atomic E-state index is 0.198. The van der Waals surface area contributed by atoms with Crippen molar-refractivity contribution in [3.8, 4) is 0 Å². The summed E-state index contributed by atoms with van der Waals surface area (Å²) in [6.45, 7) is 4.07. The molecule has 0 aliphatic heterocycles. The van der Waals surface area contributed by atoms with Crippen molar-refractivity contribution in [2.45, 2.75) is 51.4 Å². The number of hydrogen-bond acceptors (Lipinski definition) is 3. The predicted molar refractivity (Wildman–Crippen MR) is 95.1 cm³/mol. The summed E-state index contributed by atoms with van der Waals surface area (Å²) in [5.41, 5.74) is 3.41. The molecule has 0 atom stereocenters. The molecule has 1 aromatic rings. The number of aromatic carboxylic acids is 1. The van der Waals surface area contributed by atoms with Gasteiger partial charge in [0.2, 0.25) is 0 Å². The molecule has 24 heavy (non-hydrogen) atoms. The first-order valence-electron chi connectivity index (χ1n) is 8.49. The molecule has 0 fully saturated rings. The molecule has 2 N–H and O–H groups in total. The van der Waals surface area contributed by atoms with E-state index in [0.717, 1.165) is 25.7 Å². The Kier molecular flexibility index (Phi) is 9.92. The van der Waals surface area contributed by atoms with Crippen LogP contribution >= 0.6 is 0 Å². The smallest absolute Gasteiger partial charge is 0.335 e. The van der Waals surface area contributed by atoms with E-state index in [1.54, 1.807) is 12.1 Å². The number of nitrogens with zero attached hydrogens (tertiary/aromatic N) is 2. The van der Waals surface area contributed by atoms with Crippen molar-refractivity contribution in [3.05, 3.63) is 47.7 Å².